The summed E-state index contributed by atoms with van der Waals surface area (Å²) in [6.45, 7) is 19.8. The second-order valence-electron chi connectivity index (χ2n) is 18.9. The maximum Gasteiger partial charge on any atom is 0.306 e. The quantitative estimate of drug-likeness (QED) is 0.0604. The number of allylic oxidation sites excluding steroid dienone is 1. The lowest BCUT2D eigenvalue weighted by molar-refractivity contribution is -0.151. The number of nitrogens with one attached hydrogen (secondary N) is 1. The third-order valence-electron chi connectivity index (χ3n) is 14.3. The standard InChI is InChI=1S/C44H80N4O3.3ClH/c1-31(2)12-10-13-32(3)38-18-19-39-37-17-16-35-30-36(20-24-43(35,6)40(37)21-25-44(38,39)7)51-42(50)15-11-14-41(49)48(29-23-34(5)46)28-9-8-26-47-27-22-33(4)45;;;/h16,31-34,36-40,47H,8-15,17-30,45-46H2,1-7H3;3*1H/t32?,33?,34?,36-,37-,38+,39-,40-,43-,44+;;;/m0.../s1. The van der Waals surface area contributed by atoms with Crippen LogP contribution in [-0.2, 0) is 14.3 Å². The van der Waals surface area contributed by atoms with Crippen LogP contribution >= 0.6 is 37.2 Å². The van der Waals surface area contributed by atoms with Crippen molar-refractivity contribution in [1.82, 2.24) is 10.2 Å². The van der Waals surface area contributed by atoms with E-state index in [4.69, 9.17) is 16.2 Å². The van der Waals surface area contributed by atoms with Gasteiger partial charge in [-0.05, 0) is 150 Å². The van der Waals surface area contributed by atoms with Crippen molar-refractivity contribution in [2.75, 3.05) is 26.2 Å². The average molecular weight is 823 g/mol. The normalized spacial score (nSPS) is 30.2. The van der Waals surface area contributed by atoms with Crippen LogP contribution in [0.4, 0.5) is 0 Å². The van der Waals surface area contributed by atoms with Crippen LogP contribution < -0.4 is 16.8 Å². The number of halogens is 3. The molecule has 3 saturated carbocycles. The fourth-order valence-electron chi connectivity index (χ4n) is 11.3. The molecule has 5 N–H and O–H groups in total. The molecule has 0 aromatic heterocycles. The van der Waals surface area contributed by atoms with Gasteiger partial charge in [0, 0.05) is 44.4 Å². The molecule has 0 heterocycles. The minimum atomic E-state index is -0.140. The Morgan fingerprint density at radius 2 is 1.54 bits per heavy atom. The Morgan fingerprint density at radius 1 is 0.815 bits per heavy atom. The average Bonchev–Trinajstić information content (AvgIpc) is 3.42. The van der Waals surface area contributed by atoms with Gasteiger partial charge in [0.15, 0.2) is 0 Å². The number of carbonyl (C=O) groups excluding carboxylic acids is 2. The molecule has 0 aromatic carbocycles. The summed E-state index contributed by atoms with van der Waals surface area (Å²) in [7, 11) is 0. The van der Waals surface area contributed by atoms with E-state index < -0.39 is 0 Å². The number of amides is 1. The second-order valence-corrected chi connectivity index (χ2v) is 18.9. The topological polar surface area (TPSA) is 111 Å². The first-order valence-corrected chi connectivity index (χ1v) is 21.6. The van der Waals surface area contributed by atoms with E-state index in [1.165, 1.54) is 51.4 Å². The first-order valence-electron chi connectivity index (χ1n) is 21.6. The highest BCUT2D eigenvalue weighted by atomic mass is 35.5. The fourth-order valence-corrected chi connectivity index (χ4v) is 11.3. The summed E-state index contributed by atoms with van der Waals surface area (Å²) in [5, 5.41) is 3.44. The van der Waals surface area contributed by atoms with E-state index in [9.17, 15) is 9.59 Å². The Labute approximate surface area is 350 Å². The summed E-state index contributed by atoms with van der Waals surface area (Å²) in [6, 6.07) is 0.276. The van der Waals surface area contributed by atoms with Crippen molar-refractivity contribution in [3.8, 4) is 0 Å². The predicted molar refractivity (Wildman–Crippen MR) is 234 cm³/mol. The zero-order valence-electron chi connectivity index (χ0n) is 35.4. The number of hydrogen-bond donors (Lipinski definition) is 3. The highest BCUT2D eigenvalue weighted by molar-refractivity contribution is 5.86. The molecule has 0 saturated heterocycles. The van der Waals surface area contributed by atoms with Gasteiger partial charge in [0.05, 0.1) is 0 Å². The van der Waals surface area contributed by atoms with Gasteiger partial charge in [0.2, 0.25) is 5.91 Å². The molecule has 10 heteroatoms. The van der Waals surface area contributed by atoms with Gasteiger partial charge in [-0.15, -0.1) is 37.2 Å². The van der Waals surface area contributed by atoms with Crippen LogP contribution in [0, 0.1) is 46.3 Å². The van der Waals surface area contributed by atoms with E-state index >= 15 is 0 Å². The van der Waals surface area contributed by atoms with Crippen LogP contribution in [0.2, 0.25) is 0 Å². The summed E-state index contributed by atoms with van der Waals surface area (Å²) in [5.74, 6) is 4.99. The molecular weight excluding hydrogens is 739 g/mol. The largest absolute Gasteiger partial charge is 0.462 e. The van der Waals surface area contributed by atoms with Crippen LogP contribution in [0.5, 0.6) is 0 Å². The fraction of sp³-hybridized carbons (Fsp3) is 0.909. The van der Waals surface area contributed by atoms with E-state index in [0.717, 1.165) is 100 Å². The number of rotatable bonds is 21. The van der Waals surface area contributed by atoms with E-state index in [2.05, 4.69) is 46.0 Å². The van der Waals surface area contributed by atoms with Crippen LogP contribution in [0.15, 0.2) is 11.6 Å². The molecule has 0 bridgehead atoms. The first-order chi connectivity index (χ1) is 24.2. The molecule has 3 fully saturated rings. The maximum atomic E-state index is 13.2. The van der Waals surface area contributed by atoms with Gasteiger partial charge in [0.1, 0.15) is 6.10 Å². The predicted octanol–water partition coefficient (Wildman–Crippen LogP) is 10.0. The lowest BCUT2D eigenvalue weighted by atomic mass is 9.47. The summed E-state index contributed by atoms with van der Waals surface area (Å²) in [4.78, 5) is 28.2. The van der Waals surface area contributed by atoms with Crippen LogP contribution in [0.3, 0.4) is 0 Å². The lowest BCUT2D eigenvalue weighted by Crippen LogP contribution is -2.51. The molecular formula is C44H83Cl3N4O3. The van der Waals surface area contributed by atoms with Crippen LogP contribution in [-0.4, -0.2) is 61.1 Å². The molecule has 1 amide bonds. The van der Waals surface area contributed by atoms with E-state index in [1.54, 1.807) is 5.57 Å². The molecule has 0 spiro atoms. The van der Waals surface area contributed by atoms with Gasteiger partial charge in [-0.3, -0.25) is 9.59 Å². The monoisotopic (exact) mass is 821 g/mol. The highest BCUT2D eigenvalue weighted by Crippen LogP contribution is 2.67. The van der Waals surface area contributed by atoms with Crippen LogP contribution in [0.25, 0.3) is 0 Å². The smallest absolute Gasteiger partial charge is 0.306 e. The summed E-state index contributed by atoms with van der Waals surface area (Å²) >= 11 is 0. The third-order valence-corrected chi connectivity index (χ3v) is 14.3. The maximum absolute atomic E-state index is 13.2. The Hall–Kier alpha value is -0.570. The van der Waals surface area contributed by atoms with Crippen LogP contribution in [0.1, 0.15) is 164 Å². The molecule has 10 atom stereocenters. The Morgan fingerprint density at radius 3 is 2.22 bits per heavy atom. The molecule has 7 nitrogen and oxygen atoms in total. The molecule has 318 valence electrons. The zero-order valence-corrected chi connectivity index (χ0v) is 37.8. The molecule has 0 aliphatic heterocycles. The minimum absolute atomic E-state index is 0. The molecule has 54 heavy (non-hydrogen) atoms. The van der Waals surface area contributed by atoms with E-state index in [0.29, 0.717) is 31.2 Å². The molecule has 0 aromatic rings. The third kappa shape index (κ3) is 14.1. The number of hydrogen-bond acceptors (Lipinski definition) is 6. The number of nitrogens with zero attached hydrogens (tertiary/aromatic N) is 1. The van der Waals surface area contributed by atoms with Gasteiger partial charge in [-0.2, -0.15) is 0 Å². The number of unbranched alkanes of at least 4 members (excludes halogenated alkanes) is 1. The SMILES string of the molecule is CC(C)CCCC(C)[C@H]1CC[C@H]2[C@@H]3CC=C4C[C@@H](OC(=O)CCCC(=O)N(CCCCNCCC(C)N)CCC(C)N)CC[C@]4(C)[C@H]3CC[C@]12C.Cl.Cl.Cl. The summed E-state index contributed by atoms with van der Waals surface area (Å²) < 4.78 is 6.11. The number of esters is 1. The number of nitrogens with two attached hydrogens (primary N) is 2. The van der Waals surface area contributed by atoms with Gasteiger partial charge >= 0.3 is 5.97 Å². The lowest BCUT2D eigenvalue weighted by Gasteiger charge is -2.58. The molecule has 0 radical (unpaired) electrons. The van der Waals surface area contributed by atoms with Gasteiger partial charge in [-0.1, -0.05) is 65.5 Å². The second kappa shape index (κ2) is 24.4. The van der Waals surface area contributed by atoms with E-state index in [1.807, 2.05) is 18.7 Å². The van der Waals surface area contributed by atoms with Crippen molar-refractivity contribution < 1.29 is 14.3 Å². The number of carbonyl (C=O) groups is 2. The summed E-state index contributed by atoms with van der Waals surface area (Å²) in [6.07, 6.45) is 21.5. The molecule has 4 aliphatic rings. The van der Waals surface area contributed by atoms with Crippen molar-refractivity contribution in [2.45, 2.75) is 182 Å². The Balaban J connectivity index is 0.00000486. The van der Waals surface area contributed by atoms with Gasteiger partial charge < -0.3 is 26.4 Å². The minimum Gasteiger partial charge on any atom is -0.462 e. The van der Waals surface area contributed by atoms with Gasteiger partial charge in [0.25, 0.3) is 0 Å². The van der Waals surface area contributed by atoms with Crippen molar-refractivity contribution in [3.05, 3.63) is 11.6 Å². The van der Waals surface area contributed by atoms with E-state index in [-0.39, 0.29) is 72.7 Å². The highest BCUT2D eigenvalue weighted by Gasteiger charge is 2.59. The van der Waals surface area contributed by atoms with Crippen molar-refractivity contribution in [1.29, 1.82) is 0 Å². The number of fused-ring (bicyclic) bond motifs is 5. The number of ether oxygens (including phenoxy) is 1. The van der Waals surface area contributed by atoms with Crippen molar-refractivity contribution in [3.63, 3.8) is 0 Å². The van der Waals surface area contributed by atoms with Gasteiger partial charge in [-0.25, -0.2) is 0 Å². The zero-order chi connectivity index (χ0) is 37.2. The molecule has 4 aliphatic carbocycles. The first kappa shape index (κ1) is 51.4. The Bertz CT molecular complexity index is 1140. The molecule has 4 rings (SSSR count). The molecule has 3 unspecified atom stereocenters. The Kier molecular flexibility index (Phi) is 23.2. The summed E-state index contributed by atoms with van der Waals surface area (Å²) in [5.41, 5.74) is 14.2. The van der Waals surface area contributed by atoms with Crippen molar-refractivity contribution >= 4 is 49.1 Å². The van der Waals surface area contributed by atoms with Crippen molar-refractivity contribution in [2.24, 2.45) is 57.8 Å².